The third-order valence-electron chi connectivity index (χ3n) is 2.12. The van der Waals surface area contributed by atoms with E-state index in [0.29, 0.717) is 0 Å². The molecule has 0 saturated carbocycles. The minimum absolute atomic E-state index is 0.818. The van der Waals surface area contributed by atoms with Crippen LogP contribution in [0.1, 0.15) is 19.3 Å². The third kappa shape index (κ3) is 6.95. The molecule has 0 aromatic heterocycles. The van der Waals surface area contributed by atoms with Gasteiger partial charge in [0, 0.05) is 19.6 Å². The van der Waals surface area contributed by atoms with Gasteiger partial charge < -0.3 is 11.1 Å². The molecule has 0 amide bonds. The Bertz CT molecular complexity index is 114. The molecular weight excluding hydrogens is 164 g/mol. The van der Waals surface area contributed by atoms with Crippen LogP contribution in [0.4, 0.5) is 0 Å². The zero-order valence-electron chi connectivity index (χ0n) is 8.39. The van der Waals surface area contributed by atoms with Crippen molar-refractivity contribution < 1.29 is 0 Å². The summed E-state index contributed by atoms with van der Waals surface area (Å²) >= 11 is 0. The molecule has 1 fully saturated rings. The molecule has 0 atom stereocenters. The fraction of sp³-hybridized carbons (Fsp3) is 1.00. The summed E-state index contributed by atoms with van der Waals surface area (Å²) in [5.41, 5.74) is 8.72. The van der Waals surface area contributed by atoms with Crippen molar-refractivity contribution in [2.45, 2.75) is 19.3 Å². The van der Waals surface area contributed by atoms with E-state index in [0.717, 1.165) is 32.6 Å². The van der Waals surface area contributed by atoms with Crippen molar-refractivity contribution in [3.05, 3.63) is 0 Å². The van der Waals surface area contributed by atoms with Crippen molar-refractivity contribution >= 4 is 0 Å². The Kier molecular flexibility index (Phi) is 6.10. The highest BCUT2D eigenvalue weighted by Crippen LogP contribution is 1.95. The smallest absolute Gasteiger partial charge is 0.0273 e. The number of rotatable bonds is 9. The molecule has 0 bridgehead atoms. The zero-order valence-corrected chi connectivity index (χ0v) is 8.39. The Hall–Kier alpha value is -0.160. The van der Waals surface area contributed by atoms with E-state index in [2.05, 4.69) is 15.8 Å². The molecule has 0 aliphatic carbocycles. The van der Waals surface area contributed by atoms with Gasteiger partial charge in [0.05, 0.1) is 0 Å². The molecule has 13 heavy (non-hydrogen) atoms. The molecular formula is C9H22N4. The first-order valence-electron chi connectivity index (χ1n) is 5.32. The summed E-state index contributed by atoms with van der Waals surface area (Å²) in [6.07, 6.45) is 3.55. The molecule has 1 rings (SSSR count). The highest BCUT2D eigenvalue weighted by Gasteiger charge is 2.14. The minimum atomic E-state index is 0.818. The van der Waals surface area contributed by atoms with Gasteiger partial charge in [-0.1, -0.05) is 0 Å². The first-order chi connectivity index (χ1) is 6.43. The summed E-state index contributed by atoms with van der Waals surface area (Å²) in [5, 5.41) is 5.63. The molecule has 0 unspecified atom stereocenters. The van der Waals surface area contributed by atoms with Gasteiger partial charge >= 0.3 is 0 Å². The number of unbranched alkanes of at least 4 members (excludes halogenated alkanes) is 1. The number of nitrogens with two attached hydrogens (primary N) is 1. The van der Waals surface area contributed by atoms with E-state index in [1.807, 2.05) is 0 Å². The van der Waals surface area contributed by atoms with Crippen LogP contribution in [0.15, 0.2) is 0 Å². The lowest BCUT2D eigenvalue weighted by Gasteiger charge is -2.05. The highest BCUT2D eigenvalue weighted by molar-refractivity contribution is 4.66. The largest absolute Gasteiger partial charge is 0.330 e. The minimum Gasteiger partial charge on any atom is -0.330 e. The molecule has 1 aliphatic heterocycles. The first kappa shape index (κ1) is 10.9. The topological polar surface area (TPSA) is 53.1 Å². The van der Waals surface area contributed by atoms with Crippen LogP contribution in [-0.2, 0) is 0 Å². The Morgan fingerprint density at radius 3 is 2.46 bits per heavy atom. The van der Waals surface area contributed by atoms with Crippen molar-refractivity contribution in [3.8, 4) is 0 Å². The van der Waals surface area contributed by atoms with Crippen LogP contribution in [0.5, 0.6) is 0 Å². The second-order valence-corrected chi connectivity index (χ2v) is 3.49. The van der Waals surface area contributed by atoms with Crippen LogP contribution in [0.3, 0.4) is 0 Å². The fourth-order valence-corrected chi connectivity index (χ4v) is 1.18. The Labute approximate surface area is 80.8 Å². The number of hydrogen-bond acceptors (Lipinski definition) is 4. The van der Waals surface area contributed by atoms with Crippen LogP contribution in [0.2, 0.25) is 0 Å². The maximum absolute atomic E-state index is 5.39. The van der Waals surface area contributed by atoms with Crippen molar-refractivity contribution in [2.24, 2.45) is 5.73 Å². The molecule has 1 saturated heterocycles. The van der Waals surface area contributed by atoms with Crippen molar-refractivity contribution in [1.29, 1.82) is 0 Å². The van der Waals surface area contributed by atoms with Crippen LogP contribution in [-0.4, -0.2) is 44.3 Å². The molecule has 1 heterocycles. The molecule has 4 nitrogen and oxygen atoms in total. The second-order valence-electron chi connectivity index (χ2n) is 3.49. The van der Waals surface area contributed by atoms with Gasteiger partial charge in [0.2, 0.25) is 0 Å². The third-order valence-corrected chi connectivity index (χ3v) is 2.12. The predicted octanol–water partition coefficient (Wildman–Crippen LogP) is -0.475. The van der Waals surface area contributed by atoms with Gasteiger partial charge in [-0.05, 0) is 38.9 Å². The summed E-state index contributed by atoms with van der Waals surface area (Å²) in [6, 6.07) is 0. The van der Waals surface area contributed by atoms with Gasteiger partial charge in [0.25, 0.3) is 0 Å². The molecule has 0 radical (unpaired) electrons. The molecule has 4 heteroatoms. The zero-order chi connectivity index (χ0) is 9.36. The SMILES string of the molecule is NCCCCNCCCNN1CC1. The van der Waals surface area contributed by atoms with Gasteiger partial charge in [-0.3, -0.25) is 5.43 Å². The van der Waals surface area contributed by atoms with E-state index in [1.54, 1.807) is 0 Å². The first-order valence-corrected chi connectivity index (χ1v) is 5.32. The highest BCUT2D eigenvalue weighted by atomic mass is 15.6. The monoisotopic (exact) mass is 186 g/mol. The molecule has 1 aliphatic rings. The molecule has 0 aromatic carbocycles. The van der Waals surface area contributed by atoms with Crippen molar-refractivity contribution in [1.82, 2.24) is 15.8 Å². The van der Waals surface area contributed by atoms with Gasteiger partial charge in [-0.25, -0.2) is 5.01 Å². The summed E-state index contributed by atoms with van der Waals surface area (Å²) < 4.78 is 0. The normalized spacial score (nSPS) is 16.4. The van der Waals surface area contributed by atoms with Gasteiger partial charge in [0.15, 0.2) is 0 Å². The number of hydrogen-bond donors (Lipinski definition) is 3. The van der Waals surface area contributed by atoms with Crippen molar-refractivity contribution in [2.75, 3.05) is 39.3 Å². The van der Waals surface area contributed by atoms with E-state index in [-0.39, 0.29) is 0 Å². The lowest BCUT2D eigenvalue weighted by molar-refractivity contribution is 0.396. The van der Waals surface area contributed by atoms with E-state index in [1.165, 1.54) is 25.9 Å². The van der Waals surface area contributed by atoms with E-state index in [9.17, 15) is 0 Å². The standard InChI is InChI=1S/C9H22N4/c10-4-1-2-5-11-6-3-7-12-13-8-9-13/h11-12H,1-10H2. The molecule has 4 N–H and O–H groups in total. The number of hydrazine groups is 1. The van der Waals surface area contributed by atoms with E-state index >= 15 is 0 Å². The molecule has 0 spiro atoms. The van der Waals surface area contributed by atoms with Crippen LogP contribution < -0.4 is 16.5 Å². The summed E-state index contributed by atoms with van der Waals surface area (Å²) in [5.74, 6) is 0. The quantitative estimate of drug-likeness (QED) is 0.336. The molecule has 0 aromatic rings. The Balaban J connectivity index is 1.63. The lowest BCUT2D eigenvalue weighted by Crippen LogP contribution is -2.26. The number of nitrogens with zero attached hydrogens (tertiary/aromatic N) is 1. The van der Waals surface area contributed by atoms with Gasteiger partial charge in [-0.15, -0.1) is 0 Å². The number of nitrogens with one attached hydrogen (secondary N) is 2. The second kappa shape index (κ2) is 7.26. The van der Waals surface area contributed by atoms with E-state index in [4.69, 9.17) is 5.73 Å². The summed E-state index contributed by atoms with van der Waals surface area (Å²) in [4.78, 5) is 0. The van der Waals surface area contributed by atoms with Gasteiger partial charge in [0.1, 0.15) is 0 Å². The van der Waals surface area contributed by atoms with E-state index < -0.39 is 0 Å². The maximum atomic E-state index is 5.39. The Morgan fingerprint density at radius 2 is 1.77 bits per heavy atom. The predicted molar refractivity (Wildman–Crippen MR) is 55.4 cm³/mol. The summed E-state index contributed by atoms with van der Waals surface area (Å²) in [7, 11) is 0. The lowest BCUT2D eigenvalue weighted by atomic mass is 10.3. The average Bonchev–Trinajstić information content (AvgIpc) is 2.93. The maximum Gasteiger partial charge on any atom is 0.0273 e. The van der Waals surface area contributed by atoms with Crippen LogP contribution in [0, 0.1) is 0 Å². The van der Waals surface area contributed by atoms with Crippen molar-refractivity contribution in [3.63, 3.8) is 0 Å². The van der Waals surface area contributed by atoms with Crippen LogP contribution in [0.25, 0.3) is 0 Å². The fourth-order valence-electron chi connectivity index (χ4n) is 1.18. The van der Waals surface area contributed by atoms with Gasteiger partial charge in [-0.2, -0.15) is 0 Å². The molecule has 78 valence electrons. The summed E-state index contributed by atoms with van der Waals surface area (Å²) in [6.45, 7) is 6.60. The van der Waals surface area contributed by atoms with Crippen LogP contribution >= 0.6 is 0 Å². The average molecular weight is 186 g/mol. The Morgan fingerprint density at radius 1 is 1.00 bits per heavy atom.